The van der Waals surface area contributed by atoms with Crippen molar-refractivity contribution < 1.29 is 17.6 Å². The lowest BCUT2D eigenvalue weighted by atomic mass is 10.1. The zero-order valence-electron chi connectivity index (χ0n) is 16.5. The maximum absolute atomic E-state index is 13.1. The molecule has 0 aliphatic carbocycles. The summed E-state index contributed by atoms with van der Waals surface area (Å²) in [4.78, 5) is 20.2. The first kappa shape index (κ1) is 20.5. The van der Waals surface area contributed by atoms with Gasteiger partial charge in [-0.05, 0) is 61.0 Å². The lowest BCUT2D eigenvalue weighted by Gasteiger charge is -2.11. The minimum Gasteiger partial charge on any atom is -0.345 e. The van der Waals surface area contributed by atoms with Gasteiger partial charge in [-0.25, -0.2) is 17.8 Å². The van der Waals surface area contributed by atoms with Crippen molar-refractivity contribution in [1.82, 2.24) is 15.3 Å². The lowest BCUT2D eigenvalue weighted by molar-refractivity contribution is 0.0949. The number of aryl methyl sites for hydroxylation is 1. The third-order valence-corrected chi connectivity index (χ3v) is 6.09. The predicted molar refractivity (Wildman–Crippen MR) is 116 cm³/mol. The van der Waals surface area contributed by atoms with Gasteiger partial charge in [0, 0.05) is 11.3 Å². The second-order valence-electron chi connectivity index (χ2n) is 6.97. The van der Waals surface area contributed by atoms with E-state index < -0.39 is 21.7 Å². The Hall–Kier alpha value is -3.72. The van der Waals surface area contributed by atoms with E-state index in [1.54, 1.807) is 13.0 Å². The highest BCUT2D eigenvalue weighted by Gasteiger charge is 2.18. The molecule has 3 N–H and O–H groups in total. The number of nitrogens with zero attached hydrogens (tertiary/aromatic N) is 1. The van der Waals surface area contributed by atoms with E-state index in [9.17, 15) is 17.6 Å². The standard InChI is InChI=1S/C22H19FN4O3S/c1-14-6-11-17(31(29,30)27-16-9-7-15(23)8-10-16)12-18(14)22(28)24-13-21-25-19-4-2-3-5-20(19)26-21/h2-12,27H,13H2,1H3,(H,24,28)(H,25,26). The van der Waals surface area contributed by atoms with Crippen LogP contribution >= 0.6 is 0 Å². The zero-order valence-corrected chi connectivity index (χ0v) is 17.3. The first-order valence-corrected chi connectivity index (χ1v) is 10.9. The van der Waals surface area contributed by atoms with Gasteiger partial charge in [0.05, 0.1) is 22.5 Å². The zero-order chi connectivity index (χ0) is 22.0. The summed E-state index contributed by atoms with van der Waals surface area (Å²) in [7, 11) is -3.95. The number of imidazole rings is 1. The van der Waals surface area contributed by atoms with Crippen LogP contribution in [-0.2, 0) is 16.6 Å². The summed E-state index contributed by atoms with van der Waals surface area (Å²) in [6, 6.07) is 16.8. The number of H-pyrrole nitrogens is 1. The van der Waals surface area contributed by atoms with Crippen molar-refractivity contribution in [2.45, 2.75) is 18.4 Å². The minimum atomic E-state index is -3.95. The van der Waals surface area contributed by atoms with Crippen LogP contribution in [-0.4, -0.2) is 24.3 Å². The van der Waals surface area contributed by atoms with Gasteiger partial charge >= 0.3 is 0 Å². The van der Waals surface area contributed by atoms with Gasteiger partial charge in [0.15, 0.2) is 0 Å². The van der Waals surface area contributed by atoms with Crippen molar-refractivity contribution in [3.05, 3.63) is 89.5 Å². The van der Waals surface area contributed by atoms with E-state index in [0.29, 0.717) is 11.4 Å². The van der Waals surface area contributed by atoms with E-state index >= 15 is 0 Å². The summed E-state index contributed by atoms with van der Waals surface area (Å²) < 4.78 is 40.8. The molecule has 0 atom stereocenters. The molecule has 0 radical (unpaired) electrons. The van der Waals surface area contributed by atoms with Crippen LogP contribution in [0.15, 0.2) is 71.6 Å². The summed E-state index contributed by atoms with van der Waals surface area (Å²) in [6.45, 7) is 1.89. The van der Waals surface area contributed by atoms with Crippen LogP contribution in [0.25, 0.3) is 11.0 Å². The fraction of sp³-hybridized carbons (Fsp3) is 0.0909. The Bertz CT molecular complexity index is 1330. The van der Waals surface area contributed by atoms with E-state index in [1.165, 1.54) is 24.3 Å². The number of aromatic nitrogens is 2. The van der Waals surface area contributed by atoms with Crippen molar-refractivity contribution in [2.75, 3.05) is 4.72 Å². The van der Waals surface area contributed by atoms with E-state index in [1.807, 2.05) is 24.3 Å². The Morgan fingerprint density at radius 2 is 1.81 bits per heavy atom. The van der Waals surface area contributed by atoms with Gasteiger partial charge in [0.25, 0.3) is 15.9 Å². The molecule has 31 heavy (non-hydrogen) atoms. The molecule has 0 bridgehead atoms. The number of halogens is 1. The number of sulfonamides is 1. The second-order valence-corrected chi connectivity index (χ2v) is 8.65. The number of benzene rings is 3. The maximum Gasteiger partial charge on any atom is 0.261 e. The Kier molecular flexibility index (Phi) is 5.43. The van der Waals surface area contributed by atoms with Crippen LogP contribution in [0.3, 0.4) is 0 Å². The Balaban J connectivity index is 1.52. The smallest absolute Gasteiger partial charge is 0.261 e. The third-order valence-electron chi connectivity index (χ3n) is 4.72. The van der Waals surface area contributed by atoms with Gasteiger partial charge in [-0.3, -0.25) is 9.52 Å². The average molecular weight is 438 g/mol. The number of aromatic amines is 1. The molecule has 0 spiro atoms. The minimum absolute atomic E-state index is 0.0729. The Morgan fingerprint density at radius 1 is 1.06 bits per heavy atom. The molecule has 158 valence electrons. The van der Waals surface area contributed by atoms with Crippen LogP contribution in [0.2, 0.25) is 0 Å². The topological polar surface area (TPSA) is 104 Å². The number of para-hydroxylation sites is 2. The predicted octanol–water partition coefficient (Wildman–Crippen LogP) is 3.74. The van der Waals surface area contributed by atoms with Crippen molar-refractivity contribution in [3.63, 3.8) is 0 Å². The van der Waals surface area contributed by atoms with Crippen LogP contribution in [0.4, 0.5) is 10.1 Å². The third kappa shape index (κ3) is 4.56. The monoisotopic (exact) mass is 438 g/mol. The molecule has 7 nitrogen and oxygen atoms in total. The fourth-order valence-electron chi connectivity index (χ4n) is 3.09. The van der Waals surface area contributed by atoms with Gasteiger partial charge < -0.3 is 10.3 Å². The molecular formula is C22H19FN4O3S. The van der Waals surface area contributed by atoms with Crippen LogP contribution in [0, 0.1) is 12.7 Å². The van der Waals surface area contributed by atoms with Gasteiger partial charge in [0.1, 0.15) is 11.6 Å². The van der Waals surface area contributed by atoms with Crippen molar-refractivity contribution >= 4 is 32.7 Å². The molecule has 0 fully saturated rings. The molecule has 0 saturated carbocycles. The quantitative estimate of drug-likeness (QED) is 0.427. The Morgan fingerprint density at radius 3 is 2.55 bits per heavy atom. The molecular weight excluding hydrogens is 419 g/mol. The number of hydrogen-bond donors (Lipinski definition) is 3. The summed E-state index contributed by atoms with van der Waals surface area (Å²) in [5, 5.41) is 2.76. The van der Waals surface area contributed by atoms with E-state index in [0.717, 1.165) is 23.2 Å². The molecule has 0 aliphatic heterocycles. The molecule has 1 heterocycles. The van der Waals surface area contributed by atoms with Gasteiger partial charge in [-0.15, -0.1) is 0 Å². The molecule has 4 aromatic rings. The summed E-state index contributed by atoms with van der Waals surface area (Å²) in [6.07, 6.45) is 0. The highest BCUT2D eigenvalue weighted by Crippen LogP contribution is 2.20. The molecule has 4 rings (SSSR count). The van der Waals surface area contributed by atoms with E-state index in [4.69, 9.17) is 0 Å². The number of carbonyl (C=O) groups is 1. The summed E-state index contributed by atoms with van der Waals surface area (Å²) >= 11 is 0. The first-order chi connectivity index (χ1) is 14.8. The molecule has 0 aliphatic rings. The highest BCUT2D eigenvalue weighted by molar-refractivity contribution is 7.92. The molecule has 1 amide bonds. The van der Waals surface area contributed by atoms with Crippen LogP contribution in [0.5, 0.6) is 0 Å². The molecule has 0 saturated heterocycles. The van der Waals surface area contributed by atoms with E-state index in [-0.39, 0.29) is 22.7 Å². The largest absolute Gasteiger partial charge is 0.345 e. The molecule has 0 unspecified atom stereocenters. The van der Waals surface area contributed by atoms with Gasteiger partial charge in [0.2, 0.25) is 0 Å². The van der Waals surface area contributed by atoms with Crippen LogP contribution < -0.4 is 10.0 Å². The summed E-state index contributed by atoms with van der Waals surface area (Å²) in [5.41, 5.74) is 2.74. The average Bonchev–Trinajstić information content (AvgIpc) is 3.17. The van der Waals surface area contributed by atoms with Crippen molar-refractivity contribution in [3.8, 4) is 0 Å². The summed E-state index contributed by atoms with van der Waals surface area (Å²) in [5.74, 6) is -0.299. The molecule has 1 aromatic heterocycles. The second kappa shape index (κ2) is 8.19. The van der Waals surface area contributed by atoms with Crippen molar-refractivity contribution in [1.29, 1.82) is 0 Å². The van der Waals surface area contributed by atoms with Crippen LogP contribution in [0.1, 0.15) is 21.7 Å². The number of nitrogens with one attached hydrogen (secondary N) is 3. The van der Waals surface area contributed by atoms with Gasteiger partial charge in [-0.2, -0.15) is 0 Å². The fourth-order valence-corrected chi connectivity index (χ4v) is 4.18. The number of carbonyl (C=O) groups excluding carboxylic acids is 1. The van der Waals surface area contributed by atoms with Gasteiger partial charge in [-0.1, -0.05) is 18.2 Å². The molecule has 9 heteroatoms. The van der Waals surface area contributed by atoms with E-state index in [2.05, 4.69) is 20.0 Å². The normalized spacial score (nSPS) is 11.4. The number of hydrogen-bond acceptors (Lipinski definition) is 4. The molecule has 3 aromatic carbocycles. The number of amides is 1. The first-order valence-electron chi connectivity index (χ1n) is 9.43. The maximum atomic E-state index is 13.1. The highest BCUT2D eigenvalue weighted by atomic mass is 32.2. The number of fused-ring (bicyclic) bond motifs is 1. The Labute approximate surface area is 178 Å². The van der Waals surface area contributed by atoms with Crippen molar-refractivity contribution in [2.24, 2.45) is 0 Å². The number of rotatable bonds is 6. The lowest BCUT2D eigenvalue weighted by Crippen LogP contribution is -2.25. The SMILES string of the molecule is Cc1ccc(S(=O)(=O)Nc2ccc(F)cc2)cc1C(=O)NCc1nc2ccccc2[nH]1. The number of anilines is 1.